The Hall–Kier alpha value is -4.05. The van der Waals surface area contributed by atoms with E-state index in [1.165, 1.54) is 33.2 Å². The van der Waals surface area contributed by atoms with Crippen LogP contribution in [-0.2, 0) is 0 Å². The molecule has 0 aliphatic rings. The van der Waals surface area contributed by atoms with Crippen molar-refractivity contribution in [1.29, 1.82) is 10.5 Å². The summed E-state index contributed by atoms with van der Waals surface area (Å²) in [5.41, 5.74) is 7.40. The van der Waals surface area contributed by atoms with Gasteiger partial charge < -0.3 is 4.74 Å². The SMILES string of the molecule is Cc1cc(Br)ccc1-c1ccc(-c2ccc(F)c(C#N)c2)s1.Cc1cc(Br)ccc1-c1ccc(-c2ccc(OC(C)C)c(C#N)c2)s1. The lowest BCUT2D eigenvalue weighted by Gasteiger charge is -2.11. The van der Waals surface area contributed by atoms with Gasteiger partial charge in [0.05, 0.1) is 17.2 Å². The molecule has 0 N–H and O–H groups in total. The third-order valence-electron chi connectivity index (χ3n) is 7.24. The number of hydrogen-bond donors (Lipinski definition) is 0. The zero-order valence-corrected chi connectivity index (χ0v) is 30.9. The molecular formula is C39H29Br2FN2OS2. The minimum absolute atomic E-state index is 0.0478. The van der Waals surface area contributed by atoms with Crippen LogP contribution in [0.3, 0.4) is 0 Å². The smallest absolute Gasteiger partial charge is 0.140 e. The molecule has 0 saturated heterocycles. The highest BCUT2D eigenvalue weighted by atomic mass is 79.9. The zero-order chi connectivity index (χ0) is 33.7. The molecule has 0 atom stereocenters. The van der Waals surface area contributed by atoms with Crippen molar-refractivity contribution in [2.45, 2.75) is 33.8 Å². The van der Waals surface area contributed by atoms with Crippen molar-refractivity contribution in [1.82, 2.24) is 0 Å². The average molecular weight is 785 g/mol. The minimum atomic E-state index is -0.480. The summed E-state index contributed by atoms with van der Waals surface area (Å²) in [4.78, 5) is 4.54. The van der Waals surface area contributed by atoms with E-state index in [2.05, 4.69) is 100 Å². The number of benzene rings is 4. The highest BCUT2D eigenvalue weighted by Gasteiger charge is 2.12. The molecule has 0 aliphatic carbocycles. The van der Waals surface area contributed by atoms with Gasteiger partial charge in [0.2, 0.25) is 0 Å². The largest absolute Gasteiger partial charge is 0.490 e. The summed E-state index contributed by atoms with van der Waals surface area (Å²) in [6.07, 6.45) is 0.0478. The van der Waals surface area contributed by atoms with E-state index < -0.39 is 5.82 Å². The van der Waals surface area contributed by atoms with Gasteiger partial charge in [-0.25, -0.2) is 4.39 Å². The molecule has 6 rings (SSSR count). The van der Waals surface area contributed by atoms with Crippen molar-refractivity contribution in [3.63, 3.8) is 0 Å². The van der Waals surface area contributed by atoms with E-state index in [9.17, 15) is 9.65 Å². The second-order valence-corrected chi connectivity index (χ2v) is 15.0. The number of hydrogen-bond acceptors (Lipinski definition) is 5. The van der Waals surface area contributed by atoms with E-state index in [1.54, 1.807) is 34.8 Å². The number of nitrogens with zero attached hydrogens (tertiary/aromatic N) is 2. The first-order valence-electron chi connectivity index (χ1n) is 14.7. The van der Waals surface area contributed by atoms with Crippen LogP contribution in [0.25, 0.3) is 41.8 Å². The quantitative estimate of drug-likeness (QED) is 0.169. The minimum Gasteiger partial charge on any atom is -0.490 e. The highest BCUT2D eigenvalue weighted by Crippen LogP contribution is 2.39. The molecule has 0 aliphatic heterocycles. The van der Waals surface area contributed by atoms with Gasteiger partial charge in [0.1, 0.15) is 23.7 Å². The molecule has 0 fully saturated rings. The monoisotopic (exact) mass is 782 g/mol. The number of ether oxygens (including phenoxy) is 1. The predicted molar refractivity (Wildman–Crippen MR) is 200 cm³/mol. The highest BCUT2D eigenvalue weighted by molar-refractivity contribution is 9.10. The summed E-state index contributed by atoms with van der Waals surface area (Å²) in [5, 5.41) is 18.4. The lowest BCUT2D eigenvalue weighted by Crippen LogP contribution is -2.06. The summed E-state index contributed by atoms with van der Waals surface area (Å²) >= 11 is 10.4. The van der Waals surface area contributed by atoms with Gasteiger partial charge in [-0.05, 0) is 140 Å². The number of thiophene rings is 2. The first kappa shape index (κ1) is 34.3. The Bertz CT molecular complexity index is 2150. The van der Waals surface area contributed by atoms with Gasteiger partial charge in [0.25, 0.3) is 0 Å². The van der Waals surface area contributed by atoms with E-state index in [0.29, 0.717) is 11.3 Å². The van der Waals surface area contributed by atoms with Crippen molar-refractivity contribution in [3.05, 3.63) is 134 Å². The summed E-state index contributed by atoms with van der Waals surface area (Å²) < 4.78 is 21.3. The van der Waals surface area contributed by atoms with E-state index in [0.717, 1.165) is 34.7 Å². The Morgan fingerprint density at radius 3 is 1.55 bits per heavy atom. The fourth-order valence-corrected chi connectivity index (χ4v) is 8.11. The summed E-state index contributed by atoms with van der Waals surface area (Å²) in [5.74, 6) is 0.161. The molecule has 0 saturated carbocycles. The normalized spacial score (nSPS) is 10.6. The van der Waals surface area contributed by atoms with E-state index in [4.69, 9.17) is 10.00 Å². The van der Waals surface area contributed by atoms with Crippen molar-refractivity contribution in [2.75, 3.05) is 0 Å². The van der Waals surface area contributed by atoms with Crippen molar-refractivity contribution in [2.24, 2.45) is 0 Å². The first-order chi connectivity index (χ1) is 22.6. The van der Waals surface area contributed by atoms with Gasteiger partial charge in [-0.1, -0.05) is 50.1 Å². The fourth-order valence-electron chi connectivity index (χ4n) is 4.97. The lowest BCUT2D eigenvalue weighted by molar-refractivity contribution is 0.242. The second-order valence-electron chi connectivity index (χ2n) is 11.0. The number of nitriles is 2. The van der Waals surface area contributed by atoms with E-state index in [-0.39, 0.29) is 11.7 Å². The molecule has 0 amide bonds. The zero-order valence-electron chi connectivity index (χ0n) is 26.1. The van der Waals surface area contributed by atoms with Crippen LogP contribution in [0.1, 0.15) is 36.1 Å². The summed E-state index contributed by atoms with van der Waals surface area (Å²) in [6, 6.07) is 35.4. The van der Waals surface area contributed by atoms with Crippen LogP contribution in [0.2, 0.25) is 0 Å². The average Bonchev–Trinajstić information content (AvgIpc) is 3.73. The molecule has 4 aromatic carbocycles. The first-order valence-corrected chi connectivity index (χ1v) is 17.9. The summed E-state index contributed by atoms with van der Waals surface area (Å²) in [7, 11) is 0. The van der Waals surface area contributed by atoms with Crippen LogP contribution in [-0.4, -0.2) is 6.10 Å². The molecule has 8 heteroatoms. The van der Waals surface area contributed by atoms with Crippen LogP contribution in [0.4, 0.5) is 4.39 Å². The maximum absolute atomic E-state index is 13.4. The third kappa shape index (κ3) is 8.27. The number of rotatable bonds is 6. The van der Waals surface area contributed by atoms with E-state index >= 15 is 0 Å². The maximum Gasteiger partial charge on any atom is 0.140 e. The Balaban J connectivity index is 0.000000186. The van der Waals surface area contributed by atoms with Gasteiger partial charge in [-0.15, -0.1) is 22.7 Å². The Morgan fingerprint density at radius 1 is 0.617 bits per heavy atom. The number of aryl methyl sites for hydroxylation is 2. The summed E-state index contributed by atoms with van der Waals surface area (Å²) in [6.45, 7) is 8.11. The second kappa shape index (κ2) is 15.2. The molecule has 0 spiro atoms. The van der Waals surface area contributed by atoms with Gasteiger partial charge in [-0.2, -0.15) is 10.5 Å². The molecule has 3 nitrogen and oxygen atoms in total. The van der Waals surface area contributed by atoms with Crippen LogP contribution < -0.4 is 4.74 Å². The van der Waals surface area contributed by atoms with Gasteiger partial charge in [0, 0.05) is 28.5 Å². The molecule has 234 valence electrons. The van der Waals surface area contributed by atoms with Crippen molar-refractivity contribution >= 4 is 54.5 Å². The lowest BCUT2D eigenvalue weighted by atomic mass is 10.1. The maximum atomic E-state index is 13.4. The fraction of sp³-hybridized carbons (Fsp3) is 0.128. The van der Waals surface area contributed by atoms with Gasteiger partial charge in [0.15, 0.2) is 0 Å². The molecule has 2 heterocycles. The van der Waals surface area contributed by atoms with Crippen LogP contribution in [0.5, 0.6) is 5.75 Å². The van der Waals surface area contributed by atoms with Gasteiger partial charge >= 0.3 is 0 Å². The van der Waals surface area contributed by atoms with Crippen molar-refractivity contribution in [3.8, 4) is 59.7 Å². The van der Waals surface area contributed by atoms with Crippen LogP contribution in [0, 0.1) is 42.3 Å². The van der Waals surface area contributed by atoms with E-state index in [1.807, 2.05) is 50.2 Å². The Kier molecular flexibility index (Phi) is 11.1. The predicted octanol–water partition coefficient (Wildman–Crippen LogP) is 13.0. The third-order valence-corrected chi connectivity index (χ3v) is 10.6. The van der Waals surface area contributed by atoms with Crippen molar-refractivity contribution < 1.29 is 9.13 Å². The molecular weight excluding hydrogens is 755 g/mol. The topological polar surface area (TPSA) is 56.8 Å². The van der Waals surface area contributed by atoms with Crippen LogP contribution >= 0.6 is 54.5 Å². The molecule has 47 heavy (non-hydrogen) atoms. The Morgan fingerprint density at radius 2 is 1.09 bits per heavy atom. The molecule has 0 radical (unpaired) electrons. The molecule has 2 aromatic heterocycles. The Labute approximate surface area is 299 Å². The molecule has 6 aromatic rings. The standard InChI is InChI=1S/C21H18BrNOS.C18H11BrFNS/c1-13(2)24-19-7-4-15(11-16(19)12-23)20-8-9-21(25-20)18-6-5-17(22)10-14(18)3;1-11-8-14(19)3-4-15(11)18-7-6-17(22-18)12-2-5-16(20)13(9-12)10-21/h4-11,13H,1-3H3;2-9H,1H3. The molecule has 0 bridgehead atoms. The number of halogens is 3. The molecule has 0 unspecified atom stereocenters. The van der Waals surface area contributed by atoms with Gasteiger partial charge in [-0.3, -0.25) is 0 Å². The van der Waals surface area contributed by atoms with Crippen LogP contribution in [0.15, 0.2) is 106 Å².